The summed E-state index contributed by atoms with van der Waals surface area (Å²) < 4.78 is 1.61. The van der Waals surface area contributed by atoms with Crippen molar-refractivity contribution in [2.45, 2.75) is 13.5 Å². The number of benzene rings is 1. The van der Waals surface area contributed by atoms with Crippen molar-refractivity contribution in [1.29, 1.82) is 0 Å². The zero-order valence-electron chi connectivity index (χ0n) is 9.08. The molecule has 0 fully saturated rings. The number of non-ortho nitro benzene ring substituents is 1. The second-order valence-corrected chi connectivity index (χ2v) is 3.77. The number of aryl methyl sites for hydroxylation is 1. The van der Waals surface area contributed by atoms with Crippen LogP contribution in [0.1, 0.15) is 5.69 Å². The summed E-state index contributed by atoms with van der Waals surface area (Å²) in [6.45, 7) is 1.63. The Balaban J connectivity index is 2.60. The summed E-state index contributed by atoms with van der Waals surface area (Å²) in [5, 5.41) is 20.1. The van der Waals surface area contributed by atoms with E-state index in [9.17, 15) is 14.9 Å². The summed E-state index contributed by atoms with van der Waals surface area (Å²) in [6, 6.07) is 6.13. The quantitative estimate of drug-likeness (QED) is 0.649. The van der Waals surface area contributed by atoms with Gasteiger partial charge in [-0.15, -0.1) is 0 Å². The van der Waals surface area contributed by atoms with Crippen LogP contribution in [-0.2, 0) is 11.3 Å². The van der Waals surface area contributed by atoms with Gasteiger partial charge in [0.1, 0.15) is 6.54 Å². The number of aromatic nitrogens is 1. The van der Waals surface area contributed by atoms with Crippen LogP contribution >= 0.6 is 0 Å². The van der Waals surface area contributed by atoms with E-state index in [2.05, 4.69) is 0 Å². The van der Waals surface area contributed by atoms with Crippen LogP contribution in [0.3, 0.4) is 0 Å². The third kappa shape index (κ3) is 1.96. The van der Waals surface area contributed by atoms with Crippen LogP contribution < -0.4 is 0 Å². The number of hydrogen-bond donors (Lipinski definition) is 1. The molecule has 0 saturated heterocycles. The molecule has 17 heavy (non-hydrogen) atoms. The number of rotatable bonds is 3. The lowest BCUT2D eigenvalue weighted by Gasteiger charge is -2.03. The van der Waals surface area contributed by atoms with Crippen LogP contribution in [0.4, 0.5) is 5.69 Å². The van der Waals surface area contributed by atoms with Gasteiger partial charge in [-0.25, -0.2) is 0 Å². The smallest absolute Gasteiger partial charge is 0.323 e. The minimum Gasteiger partial charge on any atom is -0.480 e. The topological polar surface area (TPSA) is 85.4 Å². The van der Waals surface area contributed by atoms with E-state index in [4.69, 9.17) is 5.11 Å². The summed E-state index contributed by atoms with van der Waals surface area (Å²) in [7, 11) is 0. The van der Waals surface area contributed by atoms with Gasteiger partial charge in [0.15, 0.2) is 0 Å². The van der Waals surface area contributed by atoms with Crippen LogP contribution in [-0.4, -0.2) is 20.6 Å². The van der Waals surface area contributed by atoms with Gasteiger partial charge in [-0.3, -0.25) is 14.9 Å². The van der Waals surface area contributed by atoms with E-state index in [0.29, 0.717) is 10.9 Å². The Morgan fingerprint density at radius 1 is 1.47 bits per heavy atom. The molecular formula is C11H10N2O4. The lowest BCUT2D eigenvalue weighted by molar-refractivity contribution is -0.384. The maximum Gasteiger partial charge on any atom is 0.323 e. The first kappa shape index (κ1) is 11.1. The molecule has 0 bridgehead atoms. The average Bonchev–Trinajstić information content (AvgIpc) is 2.54. The van der Waals surface area contributed by atoms with Crippen molar-refractivity contribution in [1.82, 2.24) is 4.57 Å². The summed E-state index contributed by atoms with van der Waals surface area (Å²) >= 11 is 0. The molecule has 0 saturated carbocycles. The molecule has 2 rings (SSSR count). The average molecular weight is 234 g/mol. The molecule has 0 aliphatic heterocycles. The van der Waals surface area contributed by atoms with Gasteiger partial charge in [0.05, 0.1) is 4.92 Å². The zero-order chi connectivity index (χ0) is 12.6. The van der Waals surface area contributed by atoms with Crippen molar-refractivity contribution in [3.63, 3.8) is 0 Å². The molecule has 0 unspecified atom stereocenters. The fourth-order valence-electron chi connectivity index (χ4n) is 1.85. The fourth-order valence-corrected chi connectivity index (χ4v) is 1.85. The lowest BCUT2D eigenvalue weighted by Crippen LogP contribution is -2.09. The summed E-state index contributed by atoms with van der Waals surface area (Å²) in [5.74, 6) is -0.941. The molecule has 0 atom stereocenters. The van der Waals surface area contributed by atoms with Gasteiger partial charge in [-0.05, 0) is 19.1 Å². The van der Waals surface area contributed by atoms with E-state index in [1.54, 1.807) is 23.6 Å². The van der Waals surface area contributed by atoms with Gasteiger partial charge in [0.2, 0.25) is 0 Å². The Morgan fingerprint density at radius 2 is 2.18 bits per heavy atom. The summed E-state index contributed by atoms with van der Waals surface area (Å²) in [4.78, 5) is 20.9. The Hall–Kier alpha value is -2.37. The van der Waals surface area contributed by atoms with Crippen LogP contribution in [0.15, 0.2) is 24.3 Å². The predicted octanol–water partition coefficient (Wildman–Crippen LogP) is 1.94. The second-order valence-electron chi connectivity index (χ2n) is 3.77. The molecule has 6 nitrogen and oxygen atoms in total. The van der Waals surface area contributed by atoms with Gasteiger partial charge in [0.25, 0.3) is 5.69 Å². The Morgan fingerprint density at radius 3 is 2.76 bits per heavy atom. The van der Waals surface area contributed by atoms with Gasteiger partial charge in [0, 0.05) is 28.7 Å². The highest BCUT2D eigenvalue weighted by Crippen LogP contribution is 2.24. The molecule has 88 valence electrons. The number of nitrogens with zero attached hydrogens (tertiary/aromatic N) is 2. The minimum absolute atomic E-state index is 0.00461. The monoisotopic (exact) mass is 234 g/mol. The second kappa shape index (κ2) is 3.89. The van der Waals surface area contributed by atoms with Crippen molar-refractivity contribution in [2.24, 2.45) is 0 Å². The van der Waals surface area contributed by atoms with Crippen LogP contribution in [0, 0.1) is 17.0 Å². The van der Waals surface area contributed by atoms with Crippen molar-refractivity contribution in [3.8, 4) is 0 Å². The molecule has 0 spiro atoms. The Bertz CT molecular complexity index is 615. The fraction of sp³-hybridized carbons (Fsp3) is 0.182. The number of carboxylic acid groups (broad SMARTS) is 1. The van der Waals surface area contributed by atoms with Gasteiger partial charge < -0.3 is 9.67 Å². The summed E-state index contributed by atoms with van der Waals surface area (Å²) in [5.41, 5.74) is 1.46. The normalized spacial score (nSPS) is 10.6. The number of nitro groups is 1. The van der Waals surface area contributed by atoms with E-state index in [1.807, 2.05) is 0 Å². The summed E-state index contributed by atoms with van der Waals surface area (Å²) in [6.07, 6.45) is 0. The lowest BCUT2D eigenvalue weighted by atomic mass is 10.2. The van der Waals surface area contributed by atoms with Crippen LogP contribution in [0.25, 0.3) is 10.9 Å². The highest BCUT2D eigenvalue weighted by atomic mass is 16.6. The number of fused-ring (bicyclic) bond motifs is 1. The first-order valence-electron chi connectivity index (χ1n) is 4.95. The number of carbonyl (C=O) groups is 1. The SMILES string of the molecule is Cc1cc2cc([N+](=O)[O-])ccc2n1CC(=O)O. The Labute approximate surface area is 96.2 Å². The van der Waals surface area contributed by atoms with Crippen LogP contribution in [0.2, 0.25) is 0 Å². The van der Waals surface area contributed by atoms with Gasteiger partial charge in [-0.1, -0.05) is 0 Å². The molecule has 0 amide bonds. The highest BCUT2D eigenvalue weighted by molar-refractivity contribution is 5.85. The predicted molar refractivity (Wildman–Crippen MR) is 61.0 cm³/mol. The van der Waals surface area contributed by atoms with E-state index in [-0.39, 0.29) is 12.2 Å². The molecule has 2 aromatic rings. The van der Waals surface area contributed by atoms with Crippen molar-refractivity contribution in [2.75, 3.05) is 0 Å². The van der Waals surface area contributed by atoms with Gasteiger partial charge >= 0.3 is 5.97 Å². The number of nitro benzene ring substituents is 1. The molecule has 0 aliphatic rings. The van der Waals surface area contributed by atoms with E-state index in [1.165, 1.54) is 12.1 Å². The zero-order valence-corrected chi connectivity index (χ0v) is 9.08. The molecule has 0 aliphatic carbocycles. The molecule has 1 N–H and O–H groups in total. The van der Waals surface area contributed by atoms with Crippen LogP contribution in [0.5, 0.6) is 0 Å². The van der Waals surface area contributed by atoms with Gasteiger partial charge in [-0.2, -0.15) is 0 Å². The molecule has 0 radical (unpaired) electrons. The number of aliphatic carboxylic acids is 1. The first-order valence-corrected chi connectivity index (χ1v) is 4.95. The molecule has 1 heterocycles. The standard InChI is InChI=1S/C11H10N2O4/c1-7-4-8-5-9(13(16)17)2-3-10(8)12(7)6-11(14)15/h2-5H,6H2,1H3,(H,14,15). The molecular weight excluding hydrogens is 224 g/mol. The van der Waals surface area contributed by atoms with E-state index < -0.39 is 10.9 Å². The van der Waals surface area contributed by atoms with E-state index in [0.717, 1.165) is 5.69 Å². The maximum absolute atomic E-state index is 10.7. The third-order valence-corrected chi connectivity index (χ3v) is 2.60. The van der Waals surface area contributed by atoms with Crippen molar-refractivity contribution >= 4 is 22.6 Å². The highest BCUT2D eigenvalue weighted by Gasteiger charge is 2.12. The largest absolute Gasteiger partial charge is 0.480 e. The van der Waals surface area contributed by atoms with Crippen molar-refractivity contribution < 1.29 is 14.8 Å². The number of carboxylic acids is 1. The first-order chi connectivity index (χ1) is 7.99. The third-order valence-electron chi connectivity index (χ3n) is 2.60. The molecule has 1 aromatic heterocycles. The van der Waals surface area contributed by atoms with E-state index >= 15 is 0 Å². The Kier molecular flexibility index (Phi) is 2.55. The molecule has 6 heteroatoms. The minimum atomic E-state index is -0.941. The number of hydrogen-bond acceptors (Lipinski definition) is 3. The van der Waals surface area contributed by atoms with Crippen molar-refractivity contribution in [3.05, 3.63) is 40.1 Å². The molecule has 1 aromatic carbocycles. The maximum atomic E-state index is 10.7.